The third-order valence-electron chi connectivity index (χ3n) is 5.66. The molecule has 174 valence electrons. The number of methoxy groups -OCH3 is 1. The van der Waals surface area contributed by atoms with Crippen LogP contribution >= 0.6 is 11.6 Å². The van der Waals surface area contributed by atoms with E-state index >= 15 is 0 Å². The van der Waals surface area contributed by atoms with Crippen LogP contribution in [0.15, 0.2) is 36.5 Å². The number of carbonyl (C=O) groups is 1. The fraction of sp³-hybridized carbons (Fsp3) is 0.217. The third kappa shape index (κ3) is 3.92. The zero-order valence-electron chi connectivity index (χ0n) is 18.9. The number of halogens is 1. The number of hydrogen-bond acceptors (Lipinski definition) is 7. The molecule has 0 saturated heterocycles. The number of anilines is 4. The molecule has 0 spiro atoms. The maximum absolute atomic E-state index is 12.8. The lowest BCUT2D eigenvalue weighted by molar-refractivity contribution is 0.0947. The van der Waals surface area contributed by atoms with Crippen LogP contribution in [0.3, 0.4) is 0 Å². The largest absolute Gasteiger partial charge is 0.493 e. The average molecular weight is 479 g/mol. The van der Waals surface area contributed by atoms with Gasteiger partial charge in [-0.15, -0.1) is 0 Å². The number of H-pyrrole nitrogens is 1. The van der Waals surface area contributed by atoms with Gasteiger partial charge < -0.3 is 25.7 Å². The zero-order valence-corrected chi connectivity index (χ0v) is 19.6. The van der Waals surface area contributed by atoms with E-state index in [4.69, 9.17) is 16.3 Å². The lowest BCUT2D eigenvalue weighted by atomic mass is 10.1. The van der Waals surface area contributed by atoms with Crippen molar-refractivity contribution in [3.8, 4) is 17.1 Å². The first kappa shape index (κ1) is 21.8. The molecular formula is C23H23ClN8O2. The number of fused-ring (bicyclic) bond motifs is 1. The van der Waals surface area contributed by atoms with Gasteiger partial charge in [0.25, 0.3) is 5.91 Å². The molecule has 0 bridgehead atoms. The van der Waals surface area contributed by atoms with Crippen molar-refractivity contribution >= 4 is 40.6 Å². The molecule has 10 nitrogen and oxygen atoms in total. The van der Waals surface area contributed by atoms with Gasteiger partial charge in [-0.25, -0.2) is 9.97 Å². The van der Waals surface area contributed by atoms with E-state index in [1.165, 1.54) is 0 Å². The van der Waals surface area contributed by atoms with E-state index in [1.54, 1.807) is 30.1 Å². The number of para-hydroxylation sites is 1. The highest BCUT2D eigenvalue weighted by Crippen LogP contribution is 2.40. The predicted octanol–water partition coefficient (Wildman–Crippen LogP) is 3.95. The molecular weight excluding hydrogens is 456 g/mol. The molecule has 0 saturated carbocycles. The fourth-order valence-corrected chi connectivity index (χ4v) is 4.19. The lowest BCUT2D eigenvalue weighted by Crippen LogP contribution is -2.31. The van der Waals surface area contributed by atoms with Crippen LogP contribution in [0.1, 0.15) is 21.7 Å². The molecule has 0 fully saturated rings. The Kier molecular flexibility index (Phi) is 5.58. The van der Waals surface area contributed by atoms with Gasteiger partial charge in [0.1, 0.15) is 0 Å². The molecule has 34 heavy (non-hydrogen) atoms. The van der Waals surface area contributed by atoms with Gasteiger partial charge in [0.05, 0.1) is 40.5 Å². The average Bonchev–Trinajstić information content (AvgIpc) is 3.34. The highest BCUT2D eigenvalue weighted by atomic mass is 35.5. The Bertz CT molecular complexity index is 1370. The van der Waals surface area contributed by atoms with E-state index < -0.39 is 0 Å². The van der Waals surface area contributed by atoms with Crippen LogP contribution in [-0.2, 0) is 13.5 Å². The van der Waals surface area contributed by atoms with Crippen LogP contribution in [0.25, 0.3) is 11.4 Å². The first-order chi connectivity index (χ1) is 16.4. The molecule has 0 aliphatic carbocycles. The summed E-state index contributed by atoms with van der Waals surface area (Å²) in [6.45, 7) is 2.52. The highest BCUT2D eigenvalue weighted by molar-refractivity contribution is 6.32. The Balaban J connectivity index is 1.58. The molecule has 1 aliphatic rings. The summed E-state index contributed by atoms with van der Waals surface area (Å²) in [5.41, 5.74) is 4.86. The van der Waals surface area contributed by atoms with Crippen LogP contribution in [-0.4, -0.2) is 44.3 Å². The fourth-order valence-electron chi connectivity index (χ4n) is 3.94. The number of rotatable bonds is 6. The Morgan fingerprint density at radius 1 is 1.24 bits per heavy atom. The Morgan fingerprint density at radius 2 is 2.09 bits per heavy atom. The van der Waals surface area contributed by atoms with Crippen molar-refractivity contribution in [3.05, 3.63) is 58.5 Å². The van der Waals surface area contributed by atoms with Crippen molar-refractivity contribution < 1.29 is 9.53 Å². The molecule has 11 heteroatoms. The smallest absolute Gasteiger partial charge is 0.255 e. The maximum Gasteiger partial charge on any atom is 0.255 e. The second-order valence-corrected chi connectivity index (χ2v) is 8.27. The minimum absolute atomic E-state index is 0.163. The van der Waals surface area contributed by atoms with Gasteiger partial charge in [-0.2, -0.15) is 5.10 Å². The molecule has 1 aromatic carbocycles. The first-order valence-corrected chi connectivity index (χ1v) is 11.1. The van der Waals surface area contributed by atoms with Gasteiger partial charge >= 0.3 is 0 Å². The molecule has 1 aliphatic heterocycles. The van der Waals surface area contributed by atoms with E-state index in [-0.39, 0.29) is 5.91 Å². The number of nitrogens with one attached hydrogen (secondary N) is 4. The summed E-state index contributed by atoms with van der Waals surface area (Å²) in [4.78, 5) is 25.2. The number of benzene rings is 1. The summed E-state index contributed by atoms with van der Waals surface area (Å²) in [7, 11) is 3.42. The number of amides is 1. The van der Waals surface area contributed by atoms with Crippen LogP contribution in [0, 0.1) is 6.92 Å². The quantitative estimate of drug-likeness (QED) is 0.331. The molecule has 4 N–H and O–H groups in total. The first-order valence-electron chi connectivity index (χ1n) is 10.7. The minimum Gasteiger partial charge on any atom is -0.493 e. The van der Waals surface area contributed by atoms with Crippen molar-refractivity contribution in [2.75, 3.05) is 24.3 Å². The summed E-state index contributed by atoms with van der Waals surface area (Å²) in [6, 6.07) is 9.09. The third-order valence-corrected chi connectivity index (χ3v) is 5.96. The Morgan fingerprint density at radius 3 is 2.85 bits per heavy atom. The minimum atomic E-state index is -0.163. The summed E-state index contributed by atoms with van der Waals surface area (Å²) >= 11 is 6.32. The number of hydrogen-bond donors (Lipinski definition) is 4. The Labute approximate surface area is 200 Å². The molecule has 4 heterocycles. The van der Waals surface area contributed by atoms with E-state index in [0.29, 0.717) is 63.8 Å². The molecule has 1 amide bonds. The molecule has 0 atom stereocenters. The zero-order chi connectivity index (χ0) is 23.8. The molecule has 0 unspecified atom stereocenters. The molecule has 0 radical (unpaired) electrons. The SMILES string of the molecule is COc1c(Cl)cccc1Nc1c(-c2ccnc(Nc3cc(C)n(C)n3)n2)[nH]c2c1C(=O)NCC2. The van der Waals surface area contributed by atoms with Crippen molar-refractivity contribution in [1.82, 2.24) is 30.0 Å². The summed E-state index contributed by atoms with van der Waals surface area (Å²) < 4.78 is 7.26. The van der Waals surface area contributed by atoms with E-state index in [2.05, 4.69) is 36.0 Å². The highest BCUT2D eigenvalue weighted by Gasteiger charge is 2.28. The van der Waals surface area contributed by atoms with Gasteiger partial charge in [-0.1, -0.05) is 17.7 Å². The summed E-state index contributed by atoms with van der Waals surface area (Å²) in [5.74, 6) is 1.35. The Hall–Kier alpha value is -4.05. The van der Waals surface area contributed by atoms with Crippen LogP contribution in [0.5, 0.6) is 5.75 Å². The normalized spacial score (nSPS) is 12.8. The summed E-state index contributed by atoms with van der Waals surface area (Å²) in [5, 5.41) is 14.3. The van der Waals surface area contributed by atoms with E-state index in [9.17, 15) is 4.79 Å². The standard InChI is InChI=1S/C23H23ClN8O2/c1-12-11-17(31-32(12)2)30-23-26-10-8-15(29-23)19-20(18-14(27-19)7-9-25-22(18)33)28-16-6-4-5-13(24)21(16)34-3/h4-6,8,10-11,27-28H,7,9H2,1-3H3,(H,25,33)(H,26,29,30,31). The van der Waals surface area contributed by atoms with E-state index in [0.717, 1.165) is 11.4 Å². The number of aryl methyl sites for hydroxylation is 2. The van der Waals surface area contributed by atoms with Crippen molar-refractivity contribution in [2.24, 2.45) is 7.05 Å². The monoisotopic (exact) mass is 478 g/mol. The van der Waals surface area contributed by atoms with Crippen LogP contribution < -0.4 is 20.7 Å². The number of ether oxygens (including phenoxy) is 1. The number of aromatic nitrogens is 5. The van der Waals surface area contributed by atoms with Crippen molar-refractivity contribution in [1.29, 1.82) is 0 Å². The van der Waals surface area contributed by atoms with Crippen molar-refractivity contribution in [3.63, 3.8) is 0 Å². The van der Waals surface area contributed by atoms with Gasteiger partial charge in [0.15, 0.2) is 11.6 Å². The number of aromatic amines is 1. The van der Waals surface area contributed by atoms with Gasteiger partial charge in [0, 0.05) is 43.7 Å². The van der Waals surface area contributed by atoms with E-state index in [1.807, 2.05) is 32.2 Å². The summed E-state index contributed by atoms with van der Waals surface area (Å²) in [6.07, 6.45) is 2.33. The van der Waals surface area contributed by atoms with Gasteiger partial charge in [-0.05, 0) is 25.1 Å². The van der Waals surface area contributed by atoms with Crippen LogP contribution in [0.2, 0.25) is 5.02 Å². The second kappa shape index (κ2) is 8.71. The van der Waals surface area contributed by atoms with Crippen LogP contribution in [0.4, 0.5) is 23.1 Å². The molecule has 4 aromatic rings. The maximum atomic E-state index is 12.8. The van der Waals surface area contributed by atoms with Gasteiger partial charge in [-0.3, -0.25) is 9.48 Å². The topological polar surface area (TPSA) is 122 Å². The van der Waals surface area contributed by atoms with Crippen molar-refractivity contribution in [2.45, 2.75) is 13.3 Å². The number of nitrogens with zero attached hydrogens (tertiary/aromatic N) is 4. The predicted molar refractivity (Wildman–Crippen MR) is 130 cm³/mol. The lowest BCUT2D eigenvalue weighted by Gasteiger charge is -2.17. The second-order valence-electron chi connectivity index (χ2n) is 7.87. The number of carbonyl (C=O) groups excluding carboxylic acids is 1. The van der Waals surface area contributed by atoms with Gasteiger partial charge in [0.2, 0.25) is 5.95 Å². The molecule has 3 aromatic heterocycles. The molecule has 5 rings (SSSR count).